The minimum atomic E-state index is -0.754. The molecule has 0 heterocycles. The van der Waals surface area contributed by atoms with Crippen molar-refractivity contribution in [3.63, 3.8) is 0 Å². The Morgan fingerprint density at radius 3 is 0.667 bits per heavy atom. The van der Waals surface area contributed by atoms with Gasteiger partial charge in [0.1, 0.15) is 0 Å². The summed E-state index contributed by atoms with van der Waals surface area (Å²) in [5.74, 6) is 0. The summed E-state index contributed by atoms with van der Waals surface area (Å²) < 4.78 is 0. The Kier molecular flexibility index (Phi) is 33.7. The number of aliphatic hydroxyl groups excluding tert-OH is 3. The fourth-order valence-corrected chi connectivity index (χ4v) is 7.72. The van der Waals surface area contributed by atoms with Gasteiger partial charge in [0, 0.05) is 5.41 Å². The monoisotopic (exact) mass is 639 g/mol. The number of aliphatic hydroxyl groups is 3. The van der Waals surface area contributed by atoms with Crippen LogP contribution in [-0.4, -0.2) is 35.1 Å². The molecule has 0 aromatic heterocycles. The number of hydrogen-bond donors (Lipinski definition) is 3. The summed E-state index contributed by atoms with van der Waals surface area (Å²) in [5.41, 5.74) is -0.621. The van der Waals surface area contributed by atoms with Crippen LogP contribution in [0.3, 0.4) is 0 Å². The van der Waals surface area contributed by atoms with Gasteiger partial charge < -0.3 is 15.3 Å². The lowest BCUT2D eigenvalue weighted by Gasteiger charge is -2.42. The molecule has 0 aliphatic heterocycles. The van der Waals surface area contributed by atoms with Gasteiger partial charge >= 0.3 is 0 Å². The number of unbranched alkanes of at least 4 members (excludes halogenated alkanes) is 27. The van der Waals surface area contributed by atoms with Gasteiger partial charge in [0.05, 0.1) is 19.8 Å². The third kappa shape index (κ3) is 26.5. The Morgan fingerprint density at radius 2 is 0.467 bits per heavy atom. The van der Waals surface area contributed by atoms with E-state index in [2.05, 4.69) is 20.8 Å². The second kappa shape index (κ2) is 33.8. The predicted octanol–water partition coefficient (Wildman–Crippen LogP) is 13.3. The quantitative estimate of drug-likeness (QED) is 0.0590. The van der Waals surface area contributed by atoms with E-state index in [0.29, 0.717) is 0 Å². The van der Waals surface area contributed by atoms with Gasteiger partial charge in [0.2, 0.25) is 0 Å². The van der Waals surface area contributed by atoms with Gasteiger partial charge in [-0.1, -0.05) is 213 Å². The Bertz CT molecular complexity index is 490. The molecule has 0 saturated carbocycles. The smallest absolute Gasteiger partial charge is 0.0531 e. The summed E-state index contributed by atoms with van der Waals surface area (Å²) in [4.78, 5) is 0. The summed E-state index contributed by atoms with van der Waals surface area (Å²) in [6, 6.07) is 0. The van der Waals surface area contributed by atoms with Crippen LogP contribution < -0.4 is 0 Å². The summed E-state index contributed by atoms with van der Waals surface area (Å²) in [6.07, 6.45) is 45.0. The van der Waals surface area contributed by atoms with Crippen molar-refractivity contribution < 1.29 is 15.3 Å². The third-order valence-corrected chi connectivity index (χ3v) is 10.9. The average molecular weight is 639 g/mol. The van der Waals surface area contributed by atoms with Crippen LogP contribution in [0, 0.1) is 10.8 Å². The molecule has 3 nitrogen and oxygen atoms in total. The minimum absolute atomic E-state index is 0.115. The molecule has 0 amide bonds. The standard InChI is InChI=1S/C42H86O3/c1-4-7-10-13-16-19-22-25-28-31-34-41(37-42(38-43,39-44)40-45,35-32-29-26-23-20-17-14-11-8-5-2)36-33-30-27-24-21-18-15-12-9-6-3/h43-45H,4-40H2,1-3H3. The van der Waals surface area contributed by atoms with Gasteiger partial charge in [-0.25, -0.2) is 0 Å². The zero-order valence-electron chi connectivity index (χ0n) is 31.5. The van der Waals surface area contributed by atoms with Crippen molar-refractivity contribution >= 4 is 0 Å². The molecule has 0 radical (unpaired) electrons. The lowest BCUT2D eigenvalue weighted by Crippen LogP contribution is -2.40. The molecular formula is C42H86O3. The molecule has 0 unspecified atom stereocenters. The fraction of sp³-hybridized carbons (Fsp3) is 1.00. The van der Waals surface area contributed by atoms with Crippen molar-refractivity contribution in [2.75, 3.05) is 19.8 Å². The second-order valence-corrected chi connectivity index (χ2v) is 15.4. The first-order valence-electron chi connectivity index (χ1n) is 20.9. The maximum atomic E-state index is 10.4. The average Bonchev–Trinajstić information content (AvgIpc) is 3.06. The van der Waals surface area contributed by atoms with Crippen LogP contribution in [0.15, 0.2) is 0 Å². The summed E-state index contributed by atoms with van der Waals surface area (Å²) in [6.45, 7) is 6.53. The lowest BCUT2D eigenvalue weighted by atomic mass is 9.64. The molecule has 3 N–H and O–H groups in total. The zero-order chi connectivity index (χ0) is 33.2. The van der Waals surface area contributed by atoms with E-state index in [0.717, 1.165) is 6.42 Å². The maximum absolute atomic E-state index is 10.4. The van der Waals surface area contributed by atoms with E-state index in [1.54, 1.807) is 0 Å². The van der Waals surface area contributed by atoms with Gasteiger partial charge in [-0.05, 0) is 31.1 Å². The van der Waals surface area contributed by atoms with E-state index in [4.69, 9.17) is 0 Å². The molecule has 3 heteroatoms. The van der Waals surface area contributed by atoms with Gasteiger partial charge in [-0.15, -0.1) is 0 Å². The molecule has 0 aromatic carbocycles. The summed E-state index contributed by atoms with van der Waals surface area (Å²) in [5, 5.41) is 31.1. The van der Waals surface area contributed by atoms with Gasteiger partial charge in [0.15, 0.2) is 0 Å². The normalized spacial score (nSPS) is 12.4. The van der Waals surface area contributed by atoms with Gasteiger partial charge in [-0.3, -0.25) is 0 Å². The van der Waals surface area contributed by atoms with Crippen LogP contribution in [0.1, 0.15) is 239 Å². The molecule has 0 fully saturated rings. The zero-order valence-corrected chi connectivity index (χ0v) is 31.5. The highest BCUT2D eigenvalue weighted by Crippen LogP contribution is 2.46. The molecule has 0 aromatic rings. The largest absolute Gasteiger partial charge is 0.396 e. The molecular weight excluding hydrogens is 552 g/mol. The van der Waals surface area contributed by atoms with Crippen molar-refractivity contribution in [3.8, 4) is 0 Å². The van der Waals surface area contributed by atoms with E-state index < -0.39 is 5.41 Å². The number of hydrogen-bond acceptors (Lipinski definition) is 3. The van der Waals surface area contributed by atoms with Crippen LogP contribution in [0.2, 0.25) is 0 Å². The van der Waals surface area contributed by atoms with Crippen LogP contribution in [0.4, 0.5) is 0 Å². The van der Waals surface area contributed by atoms with E-state index in [-0.39, 0.29) is 25.2 Å². The van der Waals surface area contributed by atoms with Crippen LogP contribution in [-0.2, 0) is 0 Å². The van der Waals surface area contributed by atoms with Gasteiger partial charge in [-0.2, -0.15) is 0 Å². The van der Waals surface area contributed by atoms with E-state index in [1.165, 1.54) is 212 Å². The second-order valence-electron chi connectivity index (χ2n) is 15.4. The fourth-order valence-electron chi connectivity index (χ4n) is 7.72. The minimum Gasteiger partial charge on any atom is -0.396 e. The summed E-state index contributed by atoms with van der Waals surface area (Å²) in [7, 11) is 0. The molecule has 0 rings (SSSR count). The highest BCUT2D eigenvalue weighted by molar-refractivity contribution is 4.90. The Balaban J connectivity index is 5.03. The van der Waals surface area contributed by atoms with E-state index >= 15 is 0 Å². The highest BCUT2D eigenvalue weighted by atomic mass is 16.3. The van der Waals surface area contributed by atoms with Crippen LogP contribution in [0.25, 0.3) is 0 Å². The molecule has 0 bridgehead atoms. The molecule has 0 atom stereocenters. The molecule has 0 aliphatic rings. The van der Waals surface area contributed by atoms with Crippen molar-refractivity contribution in [1.29, 1.82) is 0 Å². The third-order valence-electron chi connectivity index (χ3n) is 10.9. The van der Waals surface area contributed by atoms with E-state index in [1.807, 2.05) is 0 Å². The predicted molar refractivity (Wildman–Crippen MR) is 200 cm³/mol. The van der Waals surface area contributed by atoms with Crippen molar-refractivity contribution in [1.82, 2.24) is 0 Å². The SMILES string of the molecule is CCCCCCCCCCCCC(CCCCCCCCCCCC)(CCCCCCCCCCCC)CC(CO)(CO)CO. The van der Waals surface area contributed by atoms with Crippen molar-refractivity contribution in [2.45, 2.75) is 239 Å². The number of rotatable bonds is 38. The molecule has 45 heavy (non-hydrogen) atoms. The maximum Gasteiger partial charge on any atom is 0.0531 e. The van der Waals surface area contributed by atoms with Crippen LogP contribution >= 0.6 is 0 Å². The van der Waals surface area contributed by atoms with Crippen molar-refractivity contribution in [2.24, 2.45) is 10.8 Å². The van der Waals surface area contributed by atoms with Crippen molar-refractivity contribution in [3.05, 3.63) is 0 Å². The first-order chi connectivity index (χ1) is 22.1. The summed E-state index contributed by atoms with van der Waals surface area (Å²) >= 11 is 0. The molecule has 0 saturated heterocycles. The topological polar surface area (TPSA) is 60.7 Å². The van der Waals surface area contributed by atoms with Crippen LogP contribution in [0.5, 0.6) is 0 Å². The van der Waals surface area contributed by atoms with Gasteiger partial charge in [0.25, 0.3) is 0 Å². The Hall–Kier alpha value is -0.120. The highest BCUT2D eigenvalue weighted by Gasteiger charge is 2.39. The molecule has 0 aliphatic carbocycles. The molecule has 0 spiro atoms. The van der Waals surface area contributed by atoms with E-state index in [9.17, 15) is 15.3 Å². The first kappa shape index (κ1) is 44.9. The first-order valence-corrected chi connectivity index (χ1v) is 20.9. The molecule has 272 valence electrons. The Labute approximate surface area is 284 Å². The Morgan fingerprint density at radius 1 is 0.267 bits per heavy atom. The lowest BCUT2D eigenvalue weighted by molar-refractivity contribution is -0.0396.